The maximum Gasteiger partial charge on any atom is 0.269 e. The first-order chi connectivity index (χ1) is 9.93. The molecule has 1 aromatic carbocycles. The minimum Gasteiger partial charge on any atom is -0.352 e. The van der Waals surface area contributed by atoms with E-state index in [-0.39, 0.29) is 5.69 Å². The number of non-ortho nitro benzene ring substituents is 1. The minimum atomic E-state index is -0.454. The van der Waals surface area contributed by atoms with E-state index >= 15 is 0 Å². The van der Waals surface area contributed by atoms with Gasteiger partial charge in [0.2, 0.25) is 0 Å². The Kier molecular flexibility index (Phi) is 3.90. The van der Waals surface area contributed by atoms with Gasteiger partial charge in [-0.15, -0.1) is 0 Å². The molecule has 0 amide bonds. The Labute approximate surface area is 122 Å². The molecule has 0 aliphatic carbocycles. The van der Waals surface area contributed by atoms with Crippen LogP contribution in [0.4, 0.5) is 5.69 Å². The summed E-state index contributed by atoms with van der Waals surface area (Å²) in [5.41, 5.74) is 4.33. The van der Waals surface area contributed by atoms with Crippen molar-refractivity contribution >= 4 is 17.3 Å². The van der Waals surface area contributed by atoms with Crippen molar-refractivity contribution in [3.05, 3.63) is 63.0 Å². The average Bonchev–Trinajstić information content (AvgIpc) is 2.72. The van der Waals surface area contributed by atoms with E-state index in [1.165, 1.54) is 12.1 Å². The first-order valence-corrected chi connectivity index (χ1v) is 6.43. The molecular formula is C16H15N3O2. The Balaban J connectivity index is 2.44. The average molecular weight is 281 g/mol. The third kappa shape index (κ3) is 2.84. The van der Waals surface area contributed by atoms with Crippen molar-refractivity contribution in [2.24, 2.45) is 7.05 Å². The fourth-order valence-electron chi connectivity index (χ4n) is 2.13. The lowest BCUT2D eigenvalue weighted by Crippen LogP contribution is -1.93. The normalized spacial score (nSPS) is 11.2. The number of benzene rings is 1. The highest BCUT2D eigenvalue weighted by molar-refractivity contribution is 5.90. The molecule has 0 aliphatic rings. The number of hydrogen-bond donors (Lipinski definition) is 0. The summed E-state index contributed by atoms with van der Waals surface area (Å²) in [4.78, 5) is 10.2. The van der Waals surface area contributed by atoms with Gasteiger partial charge < -0.3 is 4.57 Å². The molecule has 21 heavy (non-hydrogen) atoms. The van der Waals surface area contributed by atoms with Gasteiger partial charge in [0.15, 0.2) is 0 Å². The van der Waals surface area contributed by atoms with Gasteiger partial charge in [-0.2, -0.15) is 5.26 Å². The molecule has 0 radical (unpaired) electrons. The summed E-state index contributed by atoms with van der Waals surface area (Å²) >= 11 is 0. The van der Waals surface area contributed by atoms with Crippen molar-refractivity contribution in [3.8, 4) is 6.07 Å². The van der Waals surface area contributed by atoms with Crippen LogP contribution in [0.5, 0.6) is 0 Å². The van der Waals surface area contributed by atoms with Crippen LogP contribution in [0.25, 0.3) is 11.6 Å². The van der Waals surface area contributed by atoms with Crippen LogP contribution in [-0.4, -0.2) is 9.49 Å². The maximum absolute atomic E-state index is 10.7. The highest BCUT2D eigenvalue weighted by atomic mass is 16.6. The summed E-state index contributed by atoms with van der Waals surface area (Å²) in [7, 11) is 1.97. The molecule has 0 bridgehead atoms. The number of nitro groups is 1. The second kappa shape index (κ2) is 5.63. The van der Waals surface area contributed by atoms with Crippen molar-refractivity contribution < 1.29 is 4.92 Å². The van der Waals surface area contributed by atoms with Crippen LogP contribution in [0.2, 0.25) is 0 Å². The third-order valence-electron chi connectivity index (χ3n) is 3.62. The molecule has 0 saturated heterocycles. The Morgan fingerprint density at radius 3 is 2.38 bits per heavy atom. The molecule has 0 atom stereocenters. The standard InChI is InChI=1S/C16H15N3O2/c1-11-8-14(12(2)18(11)3)9-15(10-17)13-4-6-16(7-5-13)19(20)21/h4-9H,1-3H3/b15-9-. The Morgan fingerprint density at radius 2 is 1.95 bits per heavy atom. The smallest absolute Gasteiger partial charge is 0.269 e. The van der Waals surface area contributed by atoms with Crippen LogP contribution in [0.1, 0.15) is 22.5 Å². The molecule has 0 fully saturated rings. The molecule has 2 aromatic rings. The van der Waals surface area contributed by atoms with Gasteiger partial charge in [-0.3, -0.25) is 10.1 Å². The lowest BCUT2D eigenvalue weighted by Gasteiger charge is -2.01. The van der Waals surface area contributed by atoms with E-state index in [0.29, 0.717) is 11.1 Å². The van der Waals surface area contributed by atoms with Gasteiger partial charge >= 0.3 is 0 Å². The second-order valence-electron chi connectivity index (χ2n) is 4.86. The van der Waals surface area contributed by atoms with Crippen LogP contribution < -0.4 is 0 Å². The van der Waals surface area contributed by atoms with Gasteiger partial charge in [0.25, 0.3) is 5.69 Å². The van der Waals surface area contributed by atoms with Gasteiger partial charge in [0.05, 0.1) is 16.6 Å². The van der Waals surface area contributed by atoms with E-state index in [4.69, 9.17) is 0 Å². The molecular weight excluding hydrogens is 266 g/mol. The molecule has 0 aliphatic heterocycles. The fourth-order valence-corrected chi connectivity index (χ4v) is 2.13. The lowest BCUT2D eigenvalue weighted by molar-refractivity contribution is -0.384. The number of nitro benzene ring substituents is 1. The summed E-state index contributed by atoms with van der Waals surface area (Å²) < 4.78 is 2.05. The number of allylic oxidation sites excluding steroid dienone is 1. The highest BCUT2D eigenvalue weighted by Gasteiger charge is 2.09. The monoisotopic (exact) mass is 281 g/mol. The first kappa shape index (κ1) is 14.5. The lowest BCUT2D eigenvalue weighted by atomic mass is 10.0. The number of rotatable bonds is 3. The molecule has 5 nitrogen and oxygen atoms in total. The van der Waals surface area contributed by atoms with Gasteiger partial charge in [-0.1, -0.05) is 0 Å². The van der Waals surface area contributed by atoms with Gasteiger partial charge in [-0.25, -0.2) is 0 Å². The quantitative estimate of drug-likeness (QED) is 0.490. The number of nitriles is 1. The maximum atomic E-state index is 10.7. The predicted octanol–water partition coefficient (Wildman–Crippen LogP) is 3.61. The number of hydrogen-bond acceptors (Lipinski definition) is 3. The first-order valence-electron chi connectivity index (χ1n) is 6.43. The van der Waals surface area contributed by atoms with Crippen molar-refractivity contribution in [2.45, 2.75) is 13.8 Å². The summed E-state index contributed by atoms with van der Waals surface area (Å²) in [5, 5.41) is 20.0. The van der Waals surface area contributed by atoms with E-state index < -0.39 is 4.92 Å². The zero-order valence-corrected chi connectivity index (χ0v) is 12.1. The Hall–Kier alpha value is -2.87. The third-order valence-corrected chi connectivity index (χ3v) is 3.62. The molecule has 0 unspecified atom stereocenters. The van der Waals surface area contributed by atoms with E-state index in [1.54, 1.807) is 12.1 Å². The van der Waals surface area contributed by atoms with Gasteiger partial charge in [0.1, 0.15) is 0 Å². The molecule has 2 rings (SSSR count). The topological polar surface area (TPSA) is 71.9 Å². The van der Waals surface area contributed by atoms with E-state index in [9.17, 15) is 15.4 Å². The van der Waals surface area contributed by atoms with Crippen LogP contribution in [-0.2, 0) is 7.05 Å². The highest BCUT2D eigenvalue weighted by Crippen LogP contribution is 2.23. The molecule has 0 N–H and O–H groups in total. The zero-order chi connectivity index (χ0) is 15.6. The molecule has 5 heteroatoms. The SMILES string of the molecule is Cc1cc(/C=C(/C#N)c2ccc([N+](=O)[O-])cc2)c(C)n1C. The van der Waals surface area contributed by atoms with Gasteiger partial charge in [-0.05, 0) is 49.2 Å². The fraction of sp³-hybridized carbons (Fsp3) is 0.188. The molecule has 1 aromatic heterocycles. The van der Waals surface area contributed by atoms with Crippen molar-refractivity contribution in [2.75, 3.05) is 0 Å². The molecule has 106 valence electrons. The van der Waals surface area contributed by atoms with Gasteiger partial charge in [0, 0.05) is 30.6 Å². The van der Waals surface area contributed by atoms with E-state index in [0.717, 1.165) is 17.0 Å². The molecule has 0 spiro atoms. The summed E-state index contributed by atoms with van der Waals surface area (Å²) in [5.74, 6) is 0. The van der Waals surface area contributed by atoms with Crippen LogP contribution in [0.3, 0.4) is 0 Å². The van der Waals surface area contributed by atoms with Crippen LogP contribution in [0.15, 0.2) is 30.3 Å². The second-order valence-corrected chi connectivity index (χ2v) is 4.86. The summed E-state index contributed by atoms with van der Waals surface area (Å²) in [6.07, 6.45) is 1.81. The number of aryl methyl sites for hydroxylation is 1. The molecule has 1 heterocycles. The van der Waals surface area contributed by atoms with Crippen LogP contribution >= 0.6 is 0 Å². The number of aromatic nitrogens is 1. The predicted molar refractivity (Wildman–Crippen MR) is 81.5 cm³/mol. The Morgan fingerprint density at radius 1 is 1.33 bits per heavy atom. The van der Waals surface area contributed by atoms with Crippen molar-refractivity contribution in [1.29, 1.82) is 5.26 Å². The van der Waals surface area contributed by atoms with E-state index in [2.05, 4.69) is 10.6 Å². The summed E-state index contributed by atoms with van der Waals surface area (Å²) in [6, 6.07) is 10.2. The zero-order valence-electron chi connectivity index (χ0n) is 12.1. The Bertz CT molecular complexity index is 762. The van der Waals surface area contributed by atoms with Crippen molar-refractivity contribution in [3.63, 3.8) is 0 Å². The summed E-state index contributed by atoms with van der Waals surface area (Å²) in [6.45, 7) is 3.99. The minimum absolute atomic E-state index is 0.0165. The number of nitrogens with zero attached hydrogens (tertiary/aromatic N) is 3. The largest absolute Gasteiger partial charge is 0.352 e. The van der Waals surface area contributed by atoms with Crippen LogP contribution in [0, 0.1) is 35.3 Å². The van der Waals surface area contributed by atoms with Crippen molar-refractivity contribution in [1.82, 2.24) is 4.57 Å². The molecule has 0 saturated carbocycles. The van der Waals surface area contributed by atoms with E-state index in [1.807, 2.05) is 33.0 Å².